The van der Waals surface area contributed by atoms with Gasteiger partial charge in [-0.05, 0) is 71.2 Å². The molecule has 0 unspecified atom stereocenters. The molecular formula is C26H26N2S. The van der Waals surface area contributed by atoms with Crippen molar-refractivity contribution in [2.24, 2.45) is 0 Å². The van der Waals surface area contributed by atoms with Crippen LogP contribution in [0.2, 0.25) is 0 Å². The van der Waals surface area contributed by atoms with Crippen molar-refractivity contribution in [2.45, 2.75) is 40.0 Å². The molecule has 0 fully saturated rings. The Balaban J connectivity index is 1.65. The van der Waals surface area contributed by atoms with Crippen LogP contribution < -0.4 is 0 Å². The van der Waals surface area contributed by atoms with E-state index in [1.165, 1.54) is 27.1 Å². The summed E-state index contributed by atoms with van der Waals surface area (Å²) in [7, 11) is 0. The quantitative estimate of drug-likeness (QED) is 0.342. The fourth-order valence-corrected chi connectivity index (χ4v) is 4.66. The summed E-state index contributed by atoms with van der Waals surface area (Å²) in [6, 6.07) is 21.5. The van der Waals surface area contributed by atoms with E-state index in [0.717, 1.165) is 41.8 Å². The van der Waals surface area contributed by atoms with Crippen molar-refractivity contribution in [3.05, 3.63) is 83.6 Å². The highest BCUT2D eigenvalue weighted by molar-refractivity contribution is 7.09. The summed E-state index contributed by atoms with van der Waals surface area (Å²) in [5.74, 6) is 0. The minimum absolute atomic E-state index is 0.994. The SMILES string of the molecule is CCc1cc(-c2cc(-c3ccc(-c4ccccn4)cc3)ns2)cc(CC)c1CC. The number of nitrogens with zero attached hydrogens (tertiary/aromatic N) is 2. The van der Waals surface area contributed by atoms with Gasteiger partial charge in [-0.25, -0.2) is 0 Å². The summed E-state index contributed by atoms with van der Waals surface area (Å²) in [4.78, 5) is 5.67. The standard InChI is InChI=1S/C26H26N2S/c1-4-18-15-22(16-19(5-2)23(18)6-3)26-17-25(28-29-26)21-12-10-20(11-13-21)24-9-7-8-14-27-24/h7-17H,4-6H2,1-3H3. The molecule has 2 aromatic heterocycles. The number of rotatable bonds is 6. The molecular weight excluding hydrogens is 372 g/mol. The molecule has 0 saturated heterocycles. The van der Waals surface area contributed by atoms with Crippen LogP contribution in [-0.2, 0) is 19.3 Å². The number of aryl methyl sites for hydroxylation is 2. The van der Waals surface area contributed by atoms with Gasteiger partial charge in [-0.1, -0.05) is 63.2 Å². The predicted molar refractivity (Wildman–Crippen MR) is 124 cm³/mol. The highest BCUT2D eigenvalue weighted by Gasteiger charge is 2.12. The van der Waals surface area contributed by atoms with Crippen LogP contribution >= 0.6 is 11.5 Å². The Labute approximate surface area is 177 Å². The first-order chi connectivity index (χ1) is 14.2. The minimum Gasteiger partial charge on any atom is -0.256 e. The Morgan fingerprint density at radius 1 is 0.690 bits per heavy atom. The Morgan fingerprint density at radius 3 is 1.90 bits per heavy atom. The van der Waals surface area contributed by atoms with Gasteiger partial charge < -0.3 is 0 Å². The van der Waals surface area contributed by atoms with Crippen LogP contribution in [0.5, 0.6) is 0 Å². The largest absolute Gasteiger partial charge is 0.256 e. The van der Waals surface area contributed by atoms with Crippen molar-refractivity contribution >= 4 is 11.5 Å². The van der Waals surface area contributed by atoms with E-state index in [1.54, 1.807) is 11.5 Å². The van der Waals surface area contributed by atoms with Crippen LogP contribution in [0.15, 0.2) is 66.9 Å². The van der Waals surface area contributed by atoms with Gasteiger partial charge in [0.05, 0.1) is 16.3 Å². The Bertz CT molecular complexity index is 1070. The van der Waals surface area contributed by atoms with Crippen molar-refractivity contribution < 1.29 is 0 Å². The van der Waals surface area contributed by atoms with Crippen LogP contribution in [0.3, 0.4) is 0 Å². The van der Waals surface area contributed by atoms with Gasteiger partial charge >= 0.3 is 0 Å². The predicted octanol–water partition coefficient (Wildman–Crippen LogP) is 7.23. The molecule has 0 radical (unpaired) electrons. The van der Waals surface area contributed by atoms with Gasteiger partial charge in [-0.3, -0.25) is 4.98 Å². The molecule has 2 nitrogen and oxygen atoms in total. The van der Waals surface area contributed by atoms with Gasteiger partial charge in [-0.2, -0.15) is 4.37 Å². The first-order valence-electron chi connectivity index (χ1n) is 10.4. The molecule has 0 bridgehead atoms. The highest BCUT2D eigenvalue weighted by atomic mass is 32.1. The maximum atomic E-state index is 4.74. The van der Waals surface area contributed by atoms with Gasteiger partial charge in [-0.15, -0.1) is 0 Å². The van der Waals surface area contributed by atoms with Crippen LogP contribution in [0.25, 0.3) is 33.0 Å². The minimum atomic E-state index is 0.994. The molecule has 146 valence electrons. The zero-order valence-corrected chi connectivity index (χ0v) is 18.1. The van der Waals surface area contributed by atoms with E-state index >= 15 is 0 Å². The molecule has 0 aliphatic carbocycles. The van der Waals surface area contributed by atoms with Gasteiger partial charge in [0.15, 0.2) is 0 Å². The Hall–Kier alpha value is -2.78. The molecule has 2 aromatic carbocycles. The lowest BCUT2D eigenvalue weighted by atomic mass is 9.92. The highest BCUT2D eigenvalue weighted by Crippen LogP contribution is 2.33. The summed E-state index contributed by atoms with van der Waals surface area (Å²) in [6.07, 6.45) is 5.08. The number of hydrogen-bond acceptors (Lipinski definition) is 3. The van der Waals surface area contributed by atoms with Crippen molar-refractivity contribution in [3.63, 3.8) is 0 Å². The van der Waals surface area contributed by atoms with Crippen LogP contribution in [-0.4, -0.2) is 9.36 Å². The fourth-order valence-electron chi connectivity index (χ4n) is 3.92. The van der Waals surface area contributed by atoms with E-state index in [4.69, 9.17) is 4.37 Å². The topological polar surface area (TPSA) is 25.8 Å². The maximum absolute atomic E-state index is 4.74. The summed E-state index contributed by atoms with van der Waals surface area (Å²) < 4.78 is 4.74. The molecule has 0 saturated carbocycles. The lowest BCUT2D eigenvalue weighted by Gasteiger charge is -2.13. The third-order valence-corrected chi connectivity index (χ3v) is 6.32. The number of hydrogen-bond donors (Lipinski definition) is 0. The summed E-state index contributed by atoms with van der Waals surface area (Å²) >= 11 is 1.59. The molecule has 0 N–H and O–H groups in total. The Morgan fingerprint density at radius 2 is 1.34 bits per heavy atom. The van der Waals surface area contributed by atoms with Crippen LogP contribution in [0.1, 0.15) is 37.5 Å². The van der Waals surface area contributed by atoms with Crippen LogP contribution in [0.4, 0.5) is 0 Å². The first kappa shape index (κ1) is 19.5. The first-order valence-corrected chi connectivity index (χ1v) is 11.1. The van der Waals surface area contributed by atoms with Crippen molar-refractivity contribution in [3.8, 4) is 33.0 Å². The second-order valence-corrected chi connectivity index (χ2v) is 8.01. The summed E-state index contributed by atoms with van der Waals surface area (Å²) in [5, 5.41) is 0. The van der Waals surface area contributed by atoms with E-state index in [2.05, 4.69) is 68.2 Å². The number of aromatic nitrogens is 2. The van der Waals surface area contributed by atoms with Crippen LogP contribution in [0, 0.1) is 0 Å². The van der Waals surface area contributed by atoms with E-state index in [-0.39, 0.29) is 0 Å². The molecule has 0 atom stereocenters. The van der Waals surface area contributed by atoms with Gasteiger partial charge in [0.2, 0.25) is 0 Å². The molecule has 0 amide bonds. The molecule has 3 heteroatoms. The Kier molecular flexibility index (Phi) is 5.86. The zero-order chi connectivity index (χ0) is 20.2. The zero-order valence-electron chi connectivity index (χ0n) is 17.3. The van der Waals surface area contributed by atoms with Gasteiger partial charge in [0.1, 0.15) is 0 Å². The summed E-state index contributed by atoms with van der Waals surface area (Å²) in [6.45, 7) is 6.75. The molecule has 0 aliphatic rings. The molecule has 4 aromatic rings. The lowest BCUT2D eigenvalue weighted by molar-refractivity contribution is 0.982. The molecule has 0 aliphatic heterocycles. The summed E-state index contributed by atoms with van der Waals surface area (Å²) in [5.41, 5.74) is 10.1. The molecule has 2 heterocycles. The van der Waals surface area contributed by atoms with E-state index in [9.17, 15) is 0 Å². The second-order valence-electron chi connectivity index (χ2n) is 7.20. The maximum Gasteiger partial charge on any atom is 0.0847 e. The van der Waals surface area contributed by atoms with E-state index in [1.807, 2.05) is 24.4 Å². The van der Waals surface area contributed by atoms with Crippen molar-refractivity contribution in [1.29, 1.82) is 0 Å². The van der Waals surface area contributed by atoms with Gasteiger partial charge in [0.25, 0.3) is 0 Å². The third-order valence-electron chi connectivity index (χ3n) is 5.49. The van der Waals surface area contributed by atoms with Crippen molar-refractivity contribution in [1.82, 2.24) is 9.36 Å². The molecule has 4 rings (SSSR count). The van der Waals surface area contributed by atoms with Crippen molar-refractivity contribution in [2.75, 3.05) is 0 Å². The number of pyridine rings is 1. The fraction of sp³-hybridized carbons (Fsp3) is 0.231. The smallest absolute Gasteiger partial charge is 0.0847 e. The average Bonchev–Trinajstić information content (AvgIpc) is 3.29. The molecule has 29 heavy (non-hydrogen) atoms. The second kappa shape index (κ2) is 8.71. The van der Waals surface area contributed by atoms with E-state index in [0.29, 0.717) is 0 Å². The monoisotopic (exact) mass is 398 g/mol. The molecule has 0 spiro atoms. The third kappa shape index (κ3) is 4.01. The normalized spacial score (nSPS) is 11.0. The number of benzene rings is 2. The van der Waals surface area contributed by atoms with E-state index < -0.39 is 0 Å². The average molecular weight is 399 g/mol. The lowest BCUT2D eigenvalue weighted by Crippen LogP contribution is -1.98. The van der Waals surface area contributed by atoms with Gasteiger partial charge in [0, 0.05) is 17.3 Å².